The summed E-state index contributed by atoms with van der Waals surface area (Å²) in [6, 6.07) is 4.37. The SMILES string of the molecule is CC(C)[C@H](OC(=O)c1ccc2[nH]c3c(c2c1)CCCC3)C(=O)NC(N)=O. The van der Waals surface area contributed by atoms with Crippen LogP contribution in [0, 0.1) is 5.92 Å². The zero-order valence-electron chi connectivity index (χ0n) is 14.9. The fraction of sp³-hybridized carbons (Fsp3) is 0.421. The molecule has 7 heteroatoms. The number of urea groups is 1. The lowest BCUT2D eigenvalue weighted by atomic mass is 9.95. The van der Waals surface area contributed by atoms with Gasteiger partial charge in [0, 0.05) is 16.6 Å². The average Bonchev–Trinajstić information content (AvgIpc) is 2.96. The van der Waals surface area contributed by atoms with Crippen molar-refractivity contribution < 1.29 is 19.1 Å². The summed E-state index contributed by atoms with van der Waals surface area (Å²) in [7, 11) is 0. The van der Waals surface area contributed by atoms with Crippen molar-refractivity contribution >= 4 is 28.8 Å². The average molecular weight is 357 g/mol. The van der Waals surface area contributed by atoms with Gasteiger partial charge in [0.2, 0.25) is 0 Å². The van der Waals surface area contributed by atoms with Crippen LogP contribution < -0.4 is 11.1 Å². The number of hydrogen-bond donors (Lipinski definition) is 3. The number of carbonyl (C=O) groups is 3. The fourth-order valence-electron chi connectivity index (χ4n) is 3.40. The van der Waals surface area contributed by atoms with Crippen molar-refractivity contribution in [3.05, 3.63) is 35.0 Å². The molecule has 0 bridgehead atoms. The Hall–Kier alpha value is -2.83. The van der Waals surface area contributed by atoms with E-state index in [1.807, 2.05) is 17.4 Å². The Morgan fingerprint density at radius 3 is 2.62 bits per heavy atom. The van der Waals surface area contributed by atoms with Crippen LogP contribution in [0.15, 0.2) is 18.2 Å². The number of hydrogen-bond acceptors (Lipinski definition) is 4. The Balaban J connectivity index is 1.84. The molecule has 26 heavy (non-hydrogen) atoms. The first-order valence-electron chi connectivity index (χ1n) is 8.81. The van der Waals surface area contributed by atoms with Gasteiger partial charge in [-0.25, -0.2) is 9.59 Å². The van der Waals surface area contributed by atoms with Gasteiger partial charge in [-0.2, -0.15) is 0 Å². The van der Waals surface area contributed by atoms with Crippen LogP contribution in [0.1, 0.15) is 48.3 Å². The van der Waals surface area contributed by atoms with Gasteiger partial charge < -0.3 is 15.5 Å². The maximum Gasteiger partial charge on any atom is 0.338 e. The molecule has 0 spiro atoms. The molecule has 0 unspecified atom stereocenters. The number of aryl methyl sites for hydroxylation is 2. The van der Waals surface area contributed by atoms with Crippen LogP contribution in [0.5, 0.6) is 0 Å². The number of rotatable bonds is 4. The summed E-state index contributed by atoms with van der Waals surface area (Å²) in [6.07, 6.45) is 3.22. The molecule has 0 fully saturated rings. The molecule has 1 atom stereocenters. The number of aromatic nitrogens is 1. The third-order valence-corrected chi connectivity index (χ3v) is 4.68. The van der Waals surface area contributed by atoms with Crippen LogP contribution in [0.25, 0.3) is 10.9 Å². The summed E-state index contributed by atoms with van der Waals surface area (Å²) in [5.74, 6) is -1.63. The monoisotopic (exact) mass is 357 g/mol. The second-order valence-corrected chi connectivity index (χ2v) is 6.97. The summed E-state index contributed by atoms with van der Waals surface area (Å²) < 4.78 is 5.36. The molecule has 0 saturated heterocycles. The van der Waals surface area contributed by atoms with E-state index in [2.05, 4.69) is 4.98 Å². The quantitative estimate of drug-likeness (QED) is 0.729. The van der Waals surface area contributed by atoms with Gasteiger partial charge in [-0.1, -0.05) is 13.8 Å². The van der Waals surface area contributed by atoms with E-state index in [1.165, 1.54) is 17.7 Å². The minimum atomic E-state index is -1.09. The summed E-state index contributed by atoms with van der Waals surface area (Å²) in [5, 5.41) is 2.99. The zero-order chi connectivity index (χ0) is 18.8. The molecule has 7 nitrogen and oxygen atoms in total. The van der Waals surface area contributed by atoms with Crippen LogP contribution in [0.3, 0.4) is 0 Å². The van der Waals surface area contributed by atoms with E-state index in [0.717, 1.165) is 30.2 Å². The molecule has 1 aromatic carbocycles. The first-order chi connectivity index (χ1) is 12.4. The number of carbonyl (C=O) groups excluding carboxylic acids is 3. The number of nitrogens with one attached hydrogen (secondary N) is 2. The Morgan fingerprint density at radius 1 is 1.19 bits per heavy atom. The third kappa shape index (κ3) is 3.56. The maximum atomic E-state index is 12.6. The minimum Gasteiger partial charge on any atom is -0.448 e. The van der Waals surface area contributed by atoms with E-state index >= 15 is 0 Å². The summed E-state index contributed by atoms with van der Waals surface area (Å²) in [6.45, 7) is 3.45. The Kier molecular flexibility index (Phi) is 4.97. The number of esters is 1. The Bertz CT molecular complexity index is 869. The first kappa shape index (κ1) is 18.0. The van der Waals surface area contributed by atoms with Gasteiger partial charge in [-0.15, -0.1) is 0 Å². The lowest BCUT2D eigenvalue weighted by Gasteiger charge is -2.19. The van der Waals surface area contributed by atoms with Crippen molar-refractivity contribution in [1.29, 1.82) is 0 Å². The van der Waals surface area contributed by atoms with Gasteiger partial charge in [0.1, 0.15) is 0 Å². The number of benzene rings is 1. The normalized spacial score (nSPS) is 14.7. The van der Waals surface area contributed by atoms with E-state index in [1.54, 1.807) is 19.9 Å². The van der Waals surface area contributed by atoms with Crippen molar-refractivity contribution in [1.82, 2.24) is 10.3 Å². The molecular weight excluding hydrogens is 334 g/mol. The maximum absolute atomic E-state index is 12.6. The molecule has 4 N–H and O–H groups in total. The molecule has 3 rings (SSSR count). The van der Waals surface area contributed by atoms with Crippen molar-refractivity contribution in [2.24, 2.45) is 11.7 Å². The van der Waals surface area contributed by atoms with Crippen molar-refractivity contribution in [2.75, 3.05) is 0 Å². The predicted molar refractivity (Wildman–Crippen MR) is 96.7 cm³/mol. The molecule has 0 aliphatic heterocycles. The van der Waals surface area contributed by atoms with Crippen LogP contribution in [0.2, 0.25) is 0 Å². The predicted octanol–water partition coefficient (Wildman–Crippen LogP) is 2.42. The molecule has 0 saturated carbocycles. The van der Waals surface area contributed by atoms with E-state index in [9.17, 15) is 14.4 Å². The Morgan fingerprint density at radius 2 is 1.92 bits per heavy atom. The minimum absolute atomic E-state index is 0.304. The molecule has 2 aromatic rings. The number of fused-ring (bicyclic) bond motifs is 3. The largest absolute Gasteiger partial charge is 0.448 e. The van der Waals surface area contributed by atoms with Gasteiger partial charge in [0.25, 0.3) is 5.91 Å². The van der Waals surface area contributed by atoms with Gasteiger partial charge in [0.05, 0.1) is 5.56 Å². The molecule has 0 radical (unpaired) electrons. The standard InChI is InChI=1S/C19H23N3O4/c1-10(2)16(17(23)22-19(20)25)26-18(24)11-7-8-15-13(9-11)12-5-3-4-6-14(12)21-15/h7-10,16,21H,3-6H2,1-2H3,(H3,20,22,23,25)/t16-/m0/s1. The highest BCUT2D eigenvalue weighted by Crippen LogP contribution is 2.30. The highest BCUT2D eigenvalue weighted by Gasteiger charge is 2.28. The van der Waals surface area contributed by atoms with Crippen LogP contribution >= 0.6 is 0 Å². The number of ether oxygens (including phenoxy) is 1. The van der Waals surface area contributed by atoms with Gasteiger partial charge in [-0.3, -0.25) is 10.1 Å². The topological polar surface area (TPSA) is 114 Å². The number of amides is 3. The van der Waals surface area contributed by atoms with E-state index in [0.29, 0.717) is 5.56 Å². The molecular formula is C19H23N3O4. The molecule has 1 aliphatic carbocycles. The van der Waals surface area contributed by atoms with E-state index in [4.69, 9.17) is 10.5 Å². The van der Waals surface area contributed by atoms with Crippen LogP contribution in [0.4, 0.5) is 4.79 Å². The van der Waals surface area contributed by atoms with Crippen LogP contribution in [-0.4, -0.2) is 29.0 Å². The van der Waals surface area contributed by atoms with Crippen LogP contribution in [-0.2, 0) is 22.4 Å². The molecule has 138 valence electrons. The number of primary amides is 1. The van der Waals surface area contributed by atoms with Crippen molar-refractivity contribution in [2.45, 2.75) is 45.6 Å². The lowest BCUT2D eigenvalue weighted by Crippen LogP contribution is -2.45. The van der Waals surface area contributed by atoms with Crippen molar-refractivity contribution in [3.8, 4) is 0 Å². The molecule has 1 heterocycles. The summed E-state index contributed by atoms with van der Waals surface area (Å²) >= 11 is 0. The third-order valence-electron chi connectivity index (χ3n) is 4.68. The van der Waals surface area contributed by atoms with E-state index in [-0.39, 0.29) is 5.92 Å². The number of aromatic amines is 1. The first-order valence-corrected chi connectivity index (χ1v) is 8.81. The number of imide groups is 1. The molecule has 1 aromatic heterocycles. The zero-order valence-corrected chi connectivity index (χ0v) is 14.9. The highest BCUT2D eigenvalue weighted by atomic mass is 16.5. The second kappa shape index (κ2) is 7.19. The number of nitrogens with two attached hydrogens (primary N) is 1. The number of H-pyrrole nitrogens is 1. The summed E-state index contributed by atoms with van der Waals surface area (Å²) in [5.41, 5.74) is 8.84. The molecule has 3 amide bonds. The van der Waals surface area contributed by atoms with E-state index < -0.39 is 24.0 Å². The smallest absolute Gasteiger partial charge is 0.338 e. The van der Waals surface area contributed by atoms with Gasteiger partial charge in [0.15, 0.2) is 6.10 Å². The van der Waals surface area contributed by atoms with Gasteiger partial charge >= 0.3 is 12.0 Å². The van der Waals surface area contributed by atoms with Crippen molar-refractivity contribution in [3.63, 3.8) is 0 Å². The highest BCUT2D eigenvalue weighted by molar-refractivity contribution is 6.00. The second-order valence-electron chi connectivity index (χ2n) is 6.97. The summed E-state index contributed by atoms with van der Waals surface area (Å²) in [4.78, 5) is 38.9. The molecule has 1 aliphatic rings. The fourth-order valence-corrected chi connectivity index (χ4v) is 3.40. The Labute approximate surface area is 151 Å². The lowest BCUT2D eigenvalue weighted by molar-refractivity contribution is -0.130. The van der Waals surface area contributed by atoms with Gasteiger partial charge in [-0.05, 0) is 55.4 Å².